The average Bonchev–Trinajstić information content (AvgIpc) is 2.54. The summed E-state index contributed by atoms with van der Waals surface area (Å²) in [7, 11) is 0. The Labute approximate surface area is 143 Å². The summed E-state index contributed by atoms with van der Waals surface area (Å²) in [6, 6.07) is 5.69. The number of anilines is 2. The van der Waals surface area contributed by atoms with Crippen LogP contribution in [0.5, 0.6) is 0 Å². The molecule has 2 aliphatic heterocycles. The molecule has 0 atom stereocenters. The van der Waals surface area contributed by atoms with E-state index < -0.39 is 0 Å². The van der Waals surface area contributed by atoms with Gasteiger partial charge in [0.05, 0.1) is 0 Å². The lowest BCUT2D eigenvalue weighted by Crippen LogP contribution is -2.28. The summed E-state index contributed by atoms with van der Waals surface area (Å²) in [4.78, 5) is 23.4. The summed E-state index contributed by atoms with van der Waals surface area (Å²) >= 11 is 0. The quantitative estimate of drug-likeness (QED) is 0.791. The lowest BCUT2D eigenvalue weighted by molar-refractivity contribution is -0.117. The molecule has 2 heterocycles. The molecule has 3 N–H and O–H groups in total. The van der Waals surface area contributed by atoms with E-state index in [1.54, 1.807) is 0 Å². The molecule has 0 saturated carbocycles. The Morgan fingerprint density at radius 1 is 1.22 bits per heavy atom. The van der Waals surface area contributed by atoms with E-state index >= 15 is 0 Å². The van der Waals surface area contributed by atoms with Crippen LogP contribution < -0.4 is 16.0 Å². The second kappa shape index (κ2) is 8.31. The Morgan fingerprint density at radius 2 is 2.00 bits per heavy atom. The molecule has 6 heteroatoms. The maximum absolute atomic E-state index is 12.1. The first-order valence-electron chi connectivity index (χ1n) is 8.14. The van der Waals surface area contributed by atoms with E-state index in [2.05, 4.69) is 16.0 Å². The molecule has 1 fully saturated rings. The zero-order valence-electron chi connectivity index (χ0n) is 13.2. The van der Waals surface area contributed by atoms with Gasteiger partial charge in [0.2, 0.25) is 11.8 Å². The summed E-state index contributed by atoms with van der Waals surface area (Å²) in [6.45, 7) is 2.14. The van der Waals surface area contributed by atoms with Gasteiger partial charge in [-0.25, -0.2) is 0 Å². The van der Waals surface area contributed by atoms with Crippen molar-refractivity contribution in [2.24, 2.45) is 5.92 Å². The molecule has 1 saturated heterocycles. The first-order valence-corrected chi connectivity index (χ1v) is 8.14. The zero-order chi connectivity index (χ0) is 15.4. The van der Waals surface area contributed by atoms with Gasteiger partial charge in [0, 0.05) is 24.2 Å². The number of carbonyl (C=O) groups is 2. The number of hydrogen-bond acceptors (Lipinski definition) is 3. The van der Waals surface area contributed by atoms with Crippen LogP contribution in [-0.2, 0) is 16.0 Å². The first kappa shape index (κ1) is 17.8. The fourth-order valence-corrected chi connectivity index (χ4v) is 3.19. The van der Waals surface area contributed by atoms with Gasteiger partial charge in [-0.1, -0.05) is 0 Å². The zero-order valence-corrected chi connectivity index (χ0v) is 14.0. The molecule has 0 radical (unpaired) electrons. The fourth-order valence-electron chi connectivity index (χ4n) is 3.19. The molecule has 126 valence electrons. The minimum absolute atomic E-state index is 0. The van der Waals surface area contributed by atoms with Crippen molar-refractivity contribution < 1.29 is 9.59 Å². The van der Waals surface area contributed by atoms with E-state index in [1.165, 1.54) is 12.8 Å². The summed E-state index contributed by atoms with van der Waals surface area (Å²) in [5.41, 5.74) is 2.78. The summed E-state index contributed by atoms with van der Waals surface area (Å²) in [6.07, 6.45) is 5.14. The molecule has 0 aromatic heterocycles. The van der Waals surface area contributed by atoms with Crippen molar-refractivity contribution >= 4 is 35.6 Å². The van der Waals surface area contributed by atoms with Crippen molar-refractivity contribution in [2.45, 2.75) is 38.5 Å². The van der Waals surface area contributed by atoms with E-state index in [9.17, 15) is 9.59 Å². The predicted octanol–water partition coefficient (Wildman–Crippen LogP) is 2.71. The second-order valence-corrected chi connectivity index (χ2v) is 6.20. The highest BCUT2D eigenvalue weighted by atomic mass is 35.5. The minimum atomic E-state index is 0. The van der Waals surface area contributed by atoms with Gasteiger partial charge >= 0.3 is 0 Å². The van der Waals surface area contributed by atoms with Crippen LogP contribution in [0.3, 0.4) is 0 Å². The number of nitrogens with one attached hydrogen (secondary N) is 3. The van der Waals surface area contributed by atoms with Crippen LogP contribution >= 0.6 is 12.4 Å². The molecule has 3 rings (SSSR count). The maximum Gasteiger partial charge on any atom is 0.224 e. The highest BCUT2D eigenvalue weighted by molar-refractivity contribution is 5.95. The van der Waals surface area contributed by atoms with Crippen LogP contribution in [-0.4, -0.2) is 24.9 Å². The van der Waals surface area contributed by atoms with Gasteiger partial charge in [-0.05, 0) is 68.5 Å². The Morgan fingerprint density at radius 3 is 2.78 bits per heavy atom. The van der Waals surface area contributed by atoms with Gasteiger partial charge in [0.1, 0.15) is 0 Å². The van der Waals surface area contributed by atoms with Crippen LogP contribution in [0.1, 0.15) is 37.7 Å². The average molecular weight is 338 g/mol. The van der Waals surface area contributed by atoms with Crippen LogP contribution in [0, 0.1) is 5.92 Å². The molecule has 1 aromatic carbocycles. The monoisotopic (exact) mass is 337 g/mol. The molecular weight excluding hydrogens is 314 g/mol. The second-order valence-electron chi connectivity index (χ2n) is 6.20. The number of carbonyl (C=O) groups excluding carboxylic acids is 2. The third-order valence-electron chi connectivity index (χ3n) is 4.52. The lowest BCUT2D eigenvalue weighted by Gasteiger charge is -2.22. The number of aryl methyl sites for hydroxylation is 1. The largest absolute Gasteiger partial charge is 0.326 e. The maximum atomic E-state index is 12.1. The third kappa shape index (κ3) is 4.94. The Balaban J connectivity index is 0.00000192. The number of amides is 2. The molecule has 0 bridgehead atoms. The van der Waals surface area contributed by atoms with Gasteiger partial charge < -0.3 is 16.0 Å². The molecule has 0 aliphatic carbocycles. The predicted molar refractivity (Wildman–Crippen MR) is 94.1 cm³/mol. The van der Waals surface area contributed by atoms with Crippen LogP contribution in [0.2, 0.25) is 0 Å². The van der Waals surface area contributed by atoms with E-state index in [-0.39, 0.29) is 24.2 Å². The lowest BCUT2D eigenvalue weighted by atomic mass is 9.93. The normalized spacial score (nSPS) is 17.7. The Bertz CT molecular complexity index is 571. The van der Waals surface area contributed by atoms with Crippen molar-refractivity contribution in [3.05, 3.63) is 23.8 Å². The SMILES string of the molecule is Cl.O=C(CCC1CCNCC1)Nc1ccc2c(c1)CCC(=O)N2. The minimum Gasteiger partial charge on any atom is -0.326 e. The number of benzene rings is 1. The number of fused-ring (bicyclic) bond motifs is 1. The molecule has 0 spiro atoms. The van der Waals surface area contributed by atoms with Crippen molar-refractivity contribution in [2.75, 3.05) is 23.7 Å². The molecule has 1 aromatic rings. The molecule has 2 amide bonds. The first-order chi connectivity index (χ1) is 10.7. The van der Waals surface area contributed by atoms with Crippen molar-refractivity contribution in [3.8, 4) is 0 Å². The number of rotatable bonds is 4. The standard InChI is InChI=1S/C17H23N3O2.ClH/c21-16(5-1-12-7-9-18-10-8-12)19-14-3-4-15-13(11-14)2-6-17(22)20-15;/h3-4,11-12,18H,1-2,5-10H2,(H,19,21)(H,20,22);1H. The third-order valence-corrected chi connectivity index (χ3v) is 4.52. The number of halogens is 1. The van der Waals surface area contributed by atoms with Gasteiger partial charge in [-0.15, -0.1) is 12.4 Å². The van der Waals surface area contributed by atoms with E-state index in [0.717, 1.165) is 42.9 Å². The molecule has 23 heavy (non-hydrogen) atoms. The van der Waals surface area contributed by atoms with Crippen molar-refractivity contribution in [3.63, 3.8) is 0 Å². The van der Waals surface area contributed by atoms with E-state index in [4.69, 9.17) is 0 Å². The van der Waals surface area contributed by atoms with Crippen molar-refractivity contribution in [1.82, 2.24) is 5.32 Å². The van der Waals surface area contributed by atoms with Gasteiger partial charge in [-0.2, -0.15) is 0 Å². The Hall–Kier alpha value is -1.59. The Kier molecular flexibility index (Phi) is 6.42. The molecule has 5 nitrogen and oxygen atoms in total. The smallest absolute Gasteiger partial charge is 0.224 e. The van der Waals surface area contributed by atoms with Gasteiger partial charge in [0.25, 0.3) is 0 Å². The van der Waals surface area contributed by atoms with Crippen LogP contribution in [0.4, 0.5) is 11.4 Å². The van der Waals surface area contributed by atoms with Crippen molar-refractivity contribution in [1.29, 1.82) is 0 Å². The van der Waals surface area contributed by atoms with E-state index in [0.29, 0.717) is 18.8 Å². The van der Waals surface area contributed by atoms with Crippen LogP contribution in [0.25, 0.3) is 0 Å². The molecule has 2 aliphatic rings. The number of piperidine rings is 1. The number of hydrogen-bond donors (Lipinski definition) is 3. The van der Waals surface area contributed by atoms with Crippen LogP contribution in [0.15, 0.2) is 18.2 Å². The van der Waals surface area contributed by atoms with Gasteiger partial charge in [-0.3, -0.25) is 9.59 Å². The topological polar surface area (TPSA) is 70.2 Å². The molecular formula is C17H24ClN3O2. The summed E-state index contributed by atoms with van der Waals surface area (Å²) in [5.74, 6) is 0.815. The fraction of sp³-hybridized carbons (Fsp3) is 0.529. The highest BCUT2D eigenvalue weighted by Gasteiger charge is 2.16. The summed E-state index contributed by atoms with van der Waals surface area (Å²) < 4.78 is 0. The highest BCUT2D eigenvalue weighted by Crippen LogP contribution is 2.26. The van der Waals surface area contributed by atoms with Gasteiger partial charge in [0.15, 0.2) is 0 Å². The summed E-state index contributed by atoms with van der Waals surface area (Å²) in [5, 5.41) is 9.17. The van der Waals surface area contributed by atoms with E-state index in [1.807, 2.05) is 18.2 Å². The molecule has 0 unspecified atom stereocenters.